The summed E-state index contributed by atoms with van der Waals surface area (Å²) in [5.74, 6) is 1.26. The first-order chi connectivity index (χ1) is 13.5. The van der Waals surface area contributed by atoms with Gasteiger partial charge in [-0.3, -0.25) is 9.59 Å². The third-order valence-electron chi connectivity index (χ3n) is 4.04. The van der Waals surface area contributed by atoms with Gasteiger partial charge in [0.15, 0.2) is 17.6 Å². The molecule has 0 saturated heterocycles. The number of amides is 1. The van der Waals surface area contributed by atoms with Crippen LogP contribution >= 0.6 is 0 Å². The SMILES string of the molecule is COc1cc(CCC(=O)O[C@@H](C)C(=O)NCc2ccco2)cc(OC)c1OC. The zero-order chi connectivity index (χ0) is 20.5. The predicted molar refractivity (Wildman–Crippen MR) is 101 cm³/mol. The van der Waals surface area contributed by atoms with E-state index in [-0.39, 0.29) is 13.0 Å². The van der Waals surface area contributed by atoms with E-state index in [4.69, 9.17) is 23.4 Å². The molecule has 1 atom stereocenters. The second-order valence-corrected chi connectivity index (χ2v) is 5.96. The molecule has 0 saturated carbocycles. The average Bonchev–Trinajstić information content (AvgIpc) is 3.22. The summed E-state index contributed by atoms with van der Waals surface area (Å²) < 4.78 is 26.2. The van der Waals surface area contributed by atoms with Crippen molar-refractivity contribution in [3.8, 4) is 17.2 Å². The van der Waals surface area contributed by atoms with Crippen LogP contribution in [-0.4, -0.2) is 39.3 Å². The average molecular weight is 391 g/mol. The fraction of sp³-hybridized carbons (Fsp3) is 0.400. The van der Waals surface area contributed by atoms with Crippen LogP contribution in [0.4, 0.5) is 0 Å². The third kappa shape index (κ3) is 5.67. The zero-order valence-electron chi connectivity index (χ0n) is 16.4. The van der Waals surface area contributed by atoms with Crippen LogP contribution in [0.3, 0.4) is 0 Å². The van der Waals surface area contributed by atoms with Gasteiger partial charge < -0.3 is 28.7 Å². The van der Waals surface area contributed by atoms with Crippen molar-refractivity contribution in [2.24, 2.45) is 0 Å². The molecule has 2 aromatic rings. The largest absolute Gasteiger partial charge is 0.493 e. The molecule has 1 amide bonds. The summed E-state index contributed by atoms with van der Waals surface area (Å²) in [7, 11) is 4.58. The van der Waals surface area contributed by atoms with Gasteiger partial charge in [-0.1, -0.05) is 0 Å². The Bertz CT molecular complexity index is 761. The van der Waals surface area contributed by atoms with Crippen molar-refractivity contribution in [3.05, 3.63) is 41.9 Å². The molecule has 0 spiro atoms. The van der Waals surface area contributed by atoms with Crippen LogP contribution in [-0.2, 0) is 27.3 Å². The standard InChI is InChI=1S/C20H25NO7/c1-13(20(23)21-12-15-6-5-9-27-15)28-18(22)8-7-14-10-16(24-2)19(26-4)17(11-14)25-3/h5-6,9-11,13H,7-8,12H2,1-4H3,(H,21,23)/t13-/m0/s1. The predicted octanol–water partition coefficient (Wildman–Crippen LogP) is 2.49. The van der Waals surface area contributed by atoms with Gasteiger partial charge in [-0.2, -0.15) is 0 Å². The van der Waals surface area contributed by atoms with Gasteiger partial charge in [-0.05, 0) is 43.2 Å². The Hall–Kier alpha value is -3.16. The van der Waals surface area contributed by atoms with E-state index in [0.717, 1.165) is 5.56 Å². The second kappa shape index (κ2) is 10.2. The molecule has 28 heavy (non-hydrogen) atoms. The number of rotatable bonds is 10. The maximum Gasteiger partial charge on any atom is 0.306 e. The minimum Gasteiger partial charge on any atom is -0.493 e. The van der Waals surface area contributed by atoms with Crippen molar-refractivity contribution in [2.45, 2.75) is 32.4 Å². The van der Waals surface area contributed by atoms with Crippen molar-refractivity contribution in [2.75, 3.05) is 21.3 Å². The van der Waals surface area contributed by atoms with Crippen LogP contribution in [0, 0.1) is 0 Å². The number of furan rings is 1. The Balaban J connectivity index is 1.86. The Kier molecular flexibility index (Phi) is 7.74. The van der Waals surface area contributed by atoms with Gasteiger partial charge in [0.1, 0.15) is 5.76 Å². The molecule has 0 fully saturated rings. The molecule has 0 radical (unpaired) electrons. The van der Waals surface area contributed by atoms with E-state index in [2.05, 4.69) is 5.32 Å². The first-order valence-corrected chi connectivity index (χ1v) is 8.77. The van der Waals surface area contributed by atoms with Gasteiger partial charge in [0.25, 0.3) is 5.91 Å². The monoisotopic (exact) mass is 391 g/mol. The highest BCUT2D eigenvalue weighted by molar-refractivity contribution is 5.83. The number of carbonyl (C=O) groups excluding carboxylic acids is 2. The lowest BCUT2D eigenvalue weighted by Crippen LogP contribution is -2.35. The molecule has 1 N–H and O–H groups in total. The summed E-state index contributed by atoms with van der Waals surface area (Å²) in [4.78, 5) is 24.1. The van der Waals surface area contributed by atoms with Crippen molar-refractivity contribution in [1.82, 2.24) is 5.32 Å². The number of nitrogens with one attached hydrogen (secondary N) is 1. The highest BCUT2D eigenvalue weighted by Gasteiger charge is 2.19. The van der Waals surface area contributed by atoms with Crippen molar-refractivity contribution < 1.29 is 33.0 Å². The number of benzene rings is 1. The van der Waals surface area contributed by atoms with Gasteiger partial charge in [-0.15, -0.1) is 0 Å². The number of hydrogen-bond donors (Lipinski definition) is 1. The van der Waals surface area contributed by atoms with E-state index in [9.17, 15) is 9.59 Å². The maximum absolute atomic E-state index is 12.1. The van der Waals surface area contributed by atoms with E-state index < -0.39 is 18.0 Å². The van der Waals surface area contributed by atoms with Crippen LogP contribution in [0.5, 0.6) is 17.2 Å². The molecule has 2 rings (SSSR count). The van der Waals surface area contributed by atoms with Crippen LogP contribution in [0.15, 0.2) is 34.9 Å². The highest BCUT2D eigenvalue weighted by Crippen LogP contribution is 2.38. The lowest BCUT2D eigenvalue weighted by atomic mass is 10.1. The van der Waals surface area contributed by atoms with E-state index in [1.165, 1.54) is 34.5 Å². The smallest absolute Gasteiger partial charge is 0.306 e. The lowest BCUT2D eigenvalue weighted by molar-refractivity contribution is -0.154. The van der Waals surface area contributed by atoms with Crippen molar-refractivity contribution in [3.63, 3.8) is 0 Å². The molecule has 0 aliphatic heterocycles. The summed E-state index contributed by atoms with van der Waals surface area (Å²) in [6, 6.07) is 7.02. The quantitative estimate of drug-likeness (QED) is 0.622. The number of ether oxygens (including phenoxy) is 4. The highest BCUT2D eigenvalue weighted by atomic mass is 16.5. The molecule has 0 bridgehead atoms. The van der Waals surface area contributed by atoms with E-state index >= 15 is 0 Å². The molecule has 1 heterocycles. The molecule has 0 aliphatic carbocycles. The number of hydrogen-bond acceptors (Lipinski definition) is 7. The minimum atomic E-state index is -0.901. The third-order valence-corrected chi connectivity index (χ3v) is 4.04. The molecular formula is C20H25NO7. The lowest BCUT2D eigenvalue weighted by Gasteiger charge is -2.15. The van der Waals surface area contributed by atoms with E-state index in [1.807, 2.05) is 0 Å². The van der Waals surface area contributed by atoms with Gasteiger partial charge in [-0.25, -0.2) is 0 Å². The fourth-order valence-electron chi connectivity index (χ4n) is 2.57. The summed E-state index contributed by atoms with van der Waals surface area (Å²) in [6.45, 7) is 1.76. The molecule has 1 aromatic heterocycles. The minimum absolute atomic E-state index is 0.106. The van der Waals surface area contributed by atoms with Crippen LogP contribution < -0.4 is 19.5 Å². The normalized spacial score (nSPS) is 11.4. The second-order valence-electron chi connectivity index (χ2n) is 5.96. The molecule has 1 aromatic carbocycles. The number of aryl methyl sites for hydroxylation is 1. The van der Waals surface area contributed by atoms with Crippen LogP contribution in [0.2, 0.25) is 0 Å². The summed E-state index contributed by atoms with van der Waals surface area (Å²) >= 11 is 0. The van der Waals surface area contributed by atoms with Crippen molar-refractivity contribution in [1.29, 1.82) is 0 Å². The fourth-order valence-corrected chi connectivity index (χ4v) is 2.57. The van der Waals surface area contributed by atoms with Gasteiger partial charge in [0.05, 0.1) is 34.1 Å². The Labute approximate surface area is 163 Å². The number of methoxy groups -OCH3 is 3. The topological polar surface area (TPSA) is 96.2 Å². The molecule has 8 nitrogen and oxygen atoms in total. The zero-order valence-corrected chi connectivity index (χ0v) is 16.4. The van der Waals surface area contributed by atoms with Gasteiger partial charge in [0, 0.05) is 6.42 Å². The first-order valence-electron chi connectivity index (χ1n) is 8.77. The van der Waals surface area contributed by atoms with Crippen LogP contribution in [0.1, 0.15) is 24.7 Å². The summed E-state index contributed by atoms with van der Waals surface area (Å²) in [5.41, 5.74) is 0.821. The number of carbonyl (C=O) groups is 2. The molecule has 0 aliphatic rings. The van der Waals surface area contributed by atoms with Crippen LogP contribution in [0.25, 0.3) is 0 Å². The molecular weight excluding hydrogens is 366 g/mol. The van der Waals surface area contributed by atoms with E-state index in [0.29, 0.717) is 29.4 Å². The Morgan fingerprint density at radius 2 is 1.79 bits per heavy atom. The number of esters is 1. The van der Waals surface area contributed by atoms with Crippen molar-refractivity contribution >= 4 is 11.9 Å². The molecule has 8 heteroatoms. The summed E-state index contributed by atoms with van der Waals surface area (Å²) in [6.07, 6.45) is 1.13. The Morgan fingerprint density at radius 1 is 1.11 bits per heavy atom. The van der Waals surface area contributed by atoms with E-state index in [1.54, 1.807) is 24.3 Å². The molecule has 0 unspecified atom stereocenters. The molecule has 152 valence electrons. The van der Waals surface area contributed by atoms with Gasteiger partial charge >= 0.3 is 5.97 Å². The summed E-state index contributed by atoms with van der Waals surface area (Å²) in [5, 5.41) is 2.65. The Morgan fingerprint density at radius 3 is 2.32 bits per heavy atom. The first kappa shape index (κ1) is 21.1. The van der Waals surface area contributed by atoms with Gasteiger partial charge in [0.2, 0.25) is 5.75 Å². The maximum atomic E-state index is 12.1.